The molecular formula is C16H22O2. The highest BCUT2D eigenvalue weighted by Gasteiger charge is 2.19. The van der Waals surface area contributed by atoms with Gasteiger partial charge < -0.3 is 4.74 Å². The topological polar surface area (TPSA) is 26.3 Å². The van der Waals surface area contributed by atoms with E-state index in [0.717, 1.165) is 12.8 Å². The molecule has 2 rings (SSSR count). The largest absolute Gasteiger partial charge is 0.373 e. The Morgan fingerprint density at radius 1 is 1.11 bits per heavy atom. The second-order valence-corrected chi connectivity index (χ2v) is 5.43. The molecule has 98 valence electrons. The van der Waals surface area contributed by atoms with Crippen LogP contribution >= 0.6 is 0 Å². The molecule has 0 unspecified atom stereocenters. The molecule has 1 saturated carbocycles. The van der Waals surface area contributed by atoms with Crippen molar-refractivity contribution in [1.82, 2.24) is 0 Å². The molecule has 0 N–H and O–H groups in total. The van der Waals surface area contributed by atoms with Gasteiger partial charge in [-0.3, -0.25) is 4.79 Å². The van der Waals surface area contributed by atoms with Crippen molar-refractivity contribution in [3.63, 3.8) is 0 Å². The highest BCUT2D eigenvalue weighted by atomic mass is 16.5. The van der Waals surface area contributed by atoms with Crippen LogP contribution in [-0.4, -0.2) is 11.9 Å². The predicted molar refractivity (Wildman–Crippen MR) is 72.7 cm³/mol. The van der Waals surface area contributed by atoms with E-state index >= 15 is 0 Å². The van der Waals surface area contributed by atoms with Crippen molar-refractivity contribution in [3.8, 4) is 0 Å². The molecule has 18 heavy (non-hydrogen) atoms. The minimum absolute atomic E-state index is 0.266. The lowest BCUT2D eigenvalue weighted by molar-refractivity contribution is -0.123. The van der Waals surface area contributed by atoms with Crippen LogP contribution in [0.3, 0.4) is 0 Å². The lowest BCUT2D eigenvalue weighted by Gasteiger charge is -2.22. The van der Waals surface area contributed by atoms with Crippen LogP contribution in [0.4, 0.5) is 0 Å². The Morgan fingerprint density at radius 2 is 1.67 bits per heavy atom. The number of benzene rings is 1. The fraction of sp³-hybridized carbons (Fsp3) is 0.562. The quantitative estimate of drug-likeness (QED) is 0.814. The van der Waals surface area contributed by atoms with E-state index < -0.39 is 0 Å². The molecule has 1 fully saturated rings. The van der Waals surface area contributed by atoms with Crippen molar-refractivity contribution in [2.75, 3.05) is 0 Å². The third-order valence-corrected chi connectivity index (χ3v) is 3.79. The van der Waals surface area contributed by atoms with E-state index in [0.29, 0.717) is 25.2 Å². The smallest absolute Gasteiger partial charge is 0.133 e. The average molecular weight is 246 g/mol. The predicted octanol–water partition coefficient (Wildman–Crippen LogP) is 3.64. The maximum absolute atomic E-state index is 11.2. The van der Waals surface area contributed by atoms with Gasteiger partial charge in [-0.1, -0.05) is 17.7 Å². The molecule has 1 aromatic rings. The molecule has 1 aliphatic carbocycles. The van der Waals surface area contributed by atoms with Crippen molar-refractivity contribution in [2.24, 2.45) is 0 Å². The van der Waals surface area contributed by atoms with Crippen molar-refractivity contribution in [1.29, 1.82) is 0 Å². The Bertz CT molecular complexity index is 415. The summed E-state index contributed by atoms with van der Waals surface area (Å²) in [4.78, 5) is 11.2. The van der Waals surface area contributed by atoms with E-state index in [1.807, 2.05) is 0 Å². The van der Waals surface area contributed by atoms with Crippen LogP contribution in [0.5, 0.6) is 0 Å². The summed E-state index contributed by atoms with van der Waals surface area (Å²) in [5.41, 5.74) is 5.22. The van der Waals surface area contributed by atoms with Crippen LogP contribution < -0.4 is 0 Å². The normalized spacial score (nSPS) is 17.2. The second-order valence-electron chi connectivity index (χ2n) is 5.43. The van der Waals surface area contributed by atoms with Gasteiger partial charge in [0.2, 0.25) is 0 Å². The molecule has 1 aromatic carbocycles. The lowest BCUT2D eigenvalue weighted by atomic mass is 9.96. The number of carbonyl (C=O) groups excluding carboxylic acids is 1. The summed E-state index contributed by atoms with van der Waals surface area (Å²) in [5.74, 6) is 0.387. The number of hydrogen-bond donors (Lipinski definition) is 0. The molecule has 0 amide bonds. The zero-order chi connectivity index (χ0) is 13.1. The Kier molecular flexibility index (Phi) is 4.18. The summed E-state index contributed by atoms with van der Waals surface area (Å²) in [6, 6.07) is 4.41. The van der Waals surface area contributed by atoms with Gasteiger partial charge in [-0.25, -0.2) is 0 Å². The van der Waals surface area contributed by atoms with Crippen LogP contribution in [0.25, 0.3) is 0 Å². The van der Waals surface area contributed by atoms with Crippen LogP contribution in [0, 0.1) is 20.8 Å². The van der Waals surface area contributed by atoms with Crippen LogP contribution in [0.1, 0.15) is 47.9 Å². The maximum Gasteiger partial charge on any atom is 0.133 e. The number of aryl methyl sites for hydroxylation is 3. The molecule has 0 radical (unpaired) electrons. The standard InChI is InChI=1S/C16H22O2/c1-11-8-12(2)16(13(3)9-11)10-18-15-6-4-14(17)5-7-15/h8-9,15H,4-7,10H2,1-3H3. The summed E-state index contributed by atoms with van der Waals surface area (Å²) in [5, 5.41) is 0. The van der Waals surface area contributed by atoms with E-state index in [1.165, 1.54) is 22.3 Å². The molecule has 0 atom stereocenters. The highest BCUT2D eigenvalue weighted by molar-refractivity contribution is 5.79. The number of hydrogen-bond acceptors (Lipinski definition) is 2. The first-order chi connectivity index (χ1) is 8.56. The molecule has 0 heterocycles. The minimum atomic E-state index is 0.266. The van der Waals surface area contributed by atoms with Crippen molar-refractivity contribution >= 4 is 5.78 Å². The zero-order valence-electron chi connectivity index (χ0n) is 11.6. The van der Waals surface area contributed by atoms with Gasteiger partial charge in [0.15, 0.2) is 0 Å². The molecule has 2 heteroatoms. The van der Waals surface area contributed by atoms with Gasteiger partial charge in [0.25, 0.3) is 0 Å². The lowest BCUT2D eigenvalue weighted by Crippen LogP contribution is -2.21. The van der Waals surface area contributed by atoms with Gasteiger partial charge in [-0.15, -0.1) is 0 Å². The van der Waals surface area contributed by atoms with E-state index in [4.69, 9.17) is 4.74 Å². The fourth-order valence-corrected chi connectivity index (χ4v) is 2.72. The zero-order valence-corrected chi connectivity index (χ0v) is 11.6. The van der Waals surface area contributed by atoms with E-state index in [2.05, 4.69) is 32.9 Å². The third kappa shape index (κ3) is 3.20. The molecule has 0 saturated heterocycles. The first-order valence-corrected chi connectivity index (χ1v) is 6.76. The SMILES string of the molecule is Cc1cc(C)c(COC2CCC(=O)CC2)c(C)c1. The third-order valence-electron chi connectivity index (χ3n) is 3.79. The summed E-state index contributed by atoms with van der Waals surface area (Å²) in [6.45, 7) is 7.08. The Hall–Kier alpha value is -1.15. The monoisotopic (exact) mass is 246 g/mol. The number of ketones is 1. The Balaban J connectivity index is 1.96. The molecule has 2 nitrogen and oxygen atoms in total. The molecule has 0 spiro atoms. The van der Waals surface area contributed by atoms with E-state index in [1.54, 1.807) is 0 Å². The summed E-state index contributed by atoms with van der Waals surface area (Å²) in [7, 11) is 0. The molecule has 0 aliphatic heterocycles. The summed E-state index contributed by atoms with van der Waals surface area (Å²) >= 11 is 0. The van der Waals surface area contributed by atoms with E-state index in [-0.39, 0.29) is 6.10 Å². The number of ether oxygens (including phenoxy) is 1. The van der Waals surface area contributed by atoms with Gasteiger partial charge in [0.05, 0.1) is 12.7 Å². The van der Waals surface area contributed by atoms with Gasteiger partial charge in [0.1, 0.15) is 5.78 Å². The maximum atomic E-state index is 11.2. The number of carbonyl (C=O) groups is 1. The highest BCUT2D eigenvalue weighted by Crippen LogP contribution is 2.22. The summed E-state index contributed by atoms with van der Waals surface area (Å²) < 4.78 is 5.97. The Labute approximate surface area is 109 Å². The van der Waals surface area contributed by atoms with Crippen LogP contribution in [0.2, 0.25) is 0 Å². The molecule has 1 aliphatic rings. The fourth-order valence-electron chi connectivity index (χ4n) is 2.72. The minimum Gasteiger partial charge on any atom is -0.373 e. The van der Waals surface area contributed by atoms with Gasteiger partial charge >= 0.3 is 0 Å². The second kappa shape index (κ2) is 5.66. The summed E-state index contributed by atoms with van der Waals surface area (Å²) in [6.07, 6.45) is 3.43. The van der Waals surface area contributed by atoms with Crippen LogP contribution in [0.15, 0.2) is 12.1 Å². The number of Topliss-reactive ketones (excluding diaryl/α,β-unsaturated/α-hetero) is 1. The van der Waals surface area contributed by atoms with Gasteiger partial charge in [0, 0.05) is 12.8 Å². The van der Waals surface area contributed by atoms with Gasteiger partial charge in [-0.2, -0.15) is 0 Å². The van der Waals surface area contributed by atoms with Crippen molar-refractivity contribution in [3.05, 3.63) is 34.4 Å². The average Bonchev–Trinajstić information content (AvgIpc) is 2.30. The van der Waals surface area contributed by atoms with E-state index in [9.17, 15) is 4.79 Å². The Morgan fingerprint density at radius 3 is 2.22 bits per heavy atom. The van der Waals surface area contributed by atoms with Crippen molar-refractivity contribution in [2.45, 2.75) is 59.2 Å². The number of rotatable bonds is 3. The van der Waals surface area contributed by atoms with Crippen LogP contribution in [-0.2, 0) is 16.1 Å². The first-order valence-electron chi connectivity index (χ1n) is 6.76. The molecular weight excluding hydrogens is 224 g/mol. The molecule has 0 aromatic heterocycles. The molecule has 0 bridgehead atoms. The first kappa shape index (κ1) is 13.3. The van der Waals surface area contributed by atoms with Crippen molar-refractivity contribution < 1.29 is 9.53 Å². The van der Waals surface area contributed by atoms with Gasteiger partial charge in [-0.05, 0) is 50.3 Å².